The molecule has 3 heterocycles. The molecule has 1 aromatic carbocycles. The predicted octanol–water partition coefficient (Wildman–Crippen LogP) is 3.63. The summed E-state index contributed by atoms with van der Waals surface area (Å²) in [6.07, 6.45) is 5.84. The van der Waals surface area contributed by atoms with Crippen LogP contribution >= 0.6 is 0 Å². The third kappa shape index (κ3) is 4.37. The third-order valence-corrected chi connectivity index (χ3v) is 6.90. The molecule has 0 radical (unpaired) electrons. The van der Waals surface area contributed by atoms with Crippen LogP contribution in [0.25, 0.3) is 28.4 Å². The molecule has 0 aliphatic rings. The Bertz CT molecular complexity index is 1140. The largest absolute Gasteiger partial charge is 0.272 e. The van der Waals surface area contributed by atoms with Gasteiger partial charge in [-0.1, -0.05) is 61.8 Å². The fourth-order valence-corrected chi connectivity index (χ4v) is 5.60. The van der Waals surface area contributed by atoms with Crippen molar-refractivity contribution in [2.24, 2.45) is 0 Å². The van der Waals surface area contributed by atoms with Crippen LogP contribution in [0.2, 0.25) is 39.3 Å². The van der Waals surface area contributed by atoms with Crippen molar-refractivity contribution in [2.45, 2.75) is 51.6 Å². The average molecular weight is 425 g/mol. The summed E-state index contributed by atoms with van der Waals surface area (Å²) in [4.78, 5) is 4.84. The molecule has 152 valence electrons. The van der Waals surface area contributed by atoms with E-state index in [0.717, 1.165) is 40.7 Å². The Kier molecular flexibility index (Phi) is 4.77. The lowest BCUT2D eigenvalue weighted by Crippen LogP contribution is -2.28. The lowest BCUT2D eigenvalue weighted by molar-refractivity contribution is 0.680. The lowest BCUT2D eigenvalue weighted by Gasteiger charge is -2.14. The highest BCUT2D eigenvalue weighted by Crippen LogP contribution is 2.26. The first kappa shape index (κ1) is 19.7. The van der Waals surface area contributed by atoms with E-state index in [9.17, 15) is 0 Å². The summed E-state index contributed by atoms with van der Waals surface area (Å²) in [7, 11) is -2.61. The van der Waals surface area contributed by atoms with Crippen LogP contribution in [0.4, 0.5) is 0 Å². The SMILES string of the molecule is C[Si](C)(C)Cn1cc(-c2nc3ccccc3n2-c2cn(C[Si](C)(C)C)nn2)nn1. The number of imidazole rings is 1. The molecule has 0 atom stereocenters. The zero-order valence-electron chi connectivity index (χ0n) is 18.0. The maximum Gasteiger partial charge on any atom is 0.181 e. The summed E-state index contributed by atoms with van der Waals surface area (Å²) in [5, 5.41) is 17.6. The highest BCUT2D eigenvalue weighted by Gasteiger charge is 2.22. The van der Waals surface area contributed by atoms with E-state index in [0.29, 0.717) is 0 Å². The zero-order valence-corrected chi connectivity index (χ0v) is 20.0. The van der Waals surface area contributed by atoms with Crippen LogP contribution < -0.4 is 0 Å². The first-order valence-electron chi connectivity index (χ1n) is 9.88. The second kappa shape index (κ2) is 7.03. The van der Waals surface area contributed by atoms with Gasteiger partial charge in [-0.15, -0.1) is 10.2 Å². The molecule has 0 saturated carbocycles. The maximum atomic E-state index is 4.84. The molecular weight excluding hydrogens is 396 g/mol. The van der Waals surface area contributed by atoms with Crippen LogP contribution in [-0.2, 0) is 12.3 Å². The van der Waals surface area contributed by atoms with Gasteiger partial charge in [0.05, 0.1) is 39.6 Å². The molecule has 3 aromatic heterocycles. The number of benzene rings is 1. The van der Waals surface area contributed by atoms with E-state index < -0.39 is 16.1 Å². The third-order valence-electron chi connectivity index (χ3n) is 4.36. The monoisotopic (exact) mass is 424 g/mol. The van der Waals surface area contributed by atoms with Gasteiger partial charge in [0, 0.05) is 12.3 Å². The average Bonchev–Trinajstić information content (AvgIpc) is 3.29. The molecule has 10 heteroatoms. The van der Waals surface area contributed by atoms with Crippen molar-refractivity contribution < 1.29 is 0 Å². The van der Waals surface area contributed by atoms with Gasteiger partial charge in [-0.3, -0.25) is 13.9 Å². The number of fused-ring (bicyclic) bond motifs is 1. The number of nitrogens with zero attached hydrogens (tertiary/aromatic N) is 8. The van der Waals surface area contributed by atoms with Crippen molar-refractivity contribution in [1.82, 2.24) is 39.5 Å². The van der Waals surface area contributed by atoms with E-state index in [-0.39, 0.29) is 0 Å². The molecular formula is C19H28N8Si2. The van der Waals surface area contributed by atoms with Crippen LogP contribution in [0.1, 0.15) is 0 Å². The van der Waals surface area contributed by atoms with Crippen molar-refractivity contribution >= 4 is 27.2 Å². The summed E-state index contributed by atoms with van der Waals surface area (Å²) >= 11 is 0. The first-order chi connectivity index (χ1) is 13.6. The minimum absolute atomic E-state index is 0.744. The Balaban J connectivity index is 1.80. The smallest absolute Gasteiger partial charge is 0.181 e. The number of rotatable bonds is 6. The van der Waals surface area contributed by atoms with Gasteiger partial charge in [-0.2, -0.15) is 0 Å². The highest BCUT2D eigenvalue weighted by atomic mass is 28.3. The van der Waals surface area contributed by atoms with Crippen molar-refractivity contribution in [3.8, 4) is 17.3 Å². The van der Waals surface area contributed by atoms with Gasteiger partial charge in [-0.25, -0.2) is 4.98 Å². The normalized spacial score (nSPS) is 12.8. The van der Waals surface area contributed by atoms with Gasteiger partial charge in [0.25, 0.3) is 0 Å². The van der Waals surface area contributed by atoms with Gasteiger partial charge in [0.15, 0.2) is 11.6 Å². The molecule has 8 nitrogen and oxygen atoms in total. The molecule has 0 aliphatic heterocycles. The number of hydrogen-bond donors (Lipinski definition) is 0. The lowest BCUT2D eigenvalue weighted by atomic mass is 10.3. The number of para-hydroxylation sites is 2. The minimum Gasteiger partial charge on any atom is -0.272 e. The van der Waals surface area contributed by atoms with E-state index in [1.165, 1.54) is 0 Å². The minimum atomic E-state index is -1.31. The topological polar surface area (TPSA) is 79.2 Å². The Hall–Kier alpha value is -2.60. The summed E-state index contributed by atoms with van der Waals surface area (Å²) < 4.78 is 5.92. The Morgan fingerprint density at radius 3 is 2.10 bits per heavy atom. The quantitative estimate of drug-likeness (QED) is 0.442. The van der Waals surface area contributed by atoms with Crippen LogP contribution in [0.3, 0.4) is 0 Å². The molecule has 29 heavy (non-hydrogen) atoms. The Morgan fingerprint density at radius 1 is 0.793 bits per heavy atom. The summed E-state index contributed by atoms with van der Waals surface area (Å²) in [5.41, 5.74) is 2.64. The second-order valence-electron chi connectivity index (χ2n) is 9.96. The number of aromatic nitrogens is 8. The first-order valence-corrected chi connectivity index (χ1v) is 17.3. The molecule has 0 saturated heterocycles. The maximum absolute atomic E-state index is 4.84. The van der Waals surface area contributed by atoms with Crippen LogP contribution in [0.15, 0.2) is 36.7 Å². The molecule has 0 bridgehead atoms. The van der Waals surface area contributed by atoms with E-state index in [4.69, 9.17) is 4.98 Å². The molecule has 4 rings (SSSR count). The van der Waals surface area contributed by atoms with Crippen molar-refractivity contribution in [1.29, 1.82) is 0 Å². The van der Waals surface area contributed by atoms with Crippen LogP contribution in [0, 0.1) is 0 Å². The van der Waals surface area contributed by atoms with E-state index in [1.807, 2.05) is 44.5 Å². The van der Waals surface area contributed by atoms with Crippen LogP contribution in [0.5, 0.6) is 0 Å². The Labute approximate surface area is 172 Å². The highest BCUT2D eigenvalue weighted by molar-refractivity contribution is 6.75. The van der Waals surface area contributed by atoms with E-state index in [1.54, 1.807) is 0 Å². The standard InChI is InChI=1S/C19H28N8Si2/c1-28(2,3)13-25-11-16(21-23-25)19-20-15-9-7-8-10-17(15)27(19)18-12-26(24-22-18)14-29(4,5)6/h7-12H,13-14H2,1-6H3. The van der Waals surface area contributed by atoms with Gasteiger partial charge in [-0.05, 0) is 12.1 Å². The summed E-state index contributed by atoms with van der Waals surface area (Å²) in [6, 6.07) is 8.07. The van der Waals surface area contributed by atoms with Gasteiger partial charge >= 0.3 is 0 Å². The molecule has 0 unspecified atom stereocenters. The molecule has 0 spiro atoms. The predicted molar refractivity (Wildman–Crippen MR) is 120 cm³/mol. The zero-order chi connectivity index (χ0) is 20.8. The van der Waals surface area contributed by atoms with Crippen molar-refractivity contribution in [3.05, 3.63) is 36.7 Å². The second-order valence-corrected chi connectivity index (χ2v) is 20.8. The summed E-state index contributed by atoms with van der Waals surface area (Å²) in [6.45, 7) is 13.9. The number of hydrogen-bond acceptors (Lipinski definition) is 5. The van der Waals surface area contributed by atoms with Gasteiger partial charge in [0.1, 0.15) is 5.69 Å². The fourth-order valence-electron chi connectivity index (χ4n) is 3.35. The molecule has 0 amide bonds. The van der Waals surface area contributed by atoms with Crippen molar-refractivity contribution in [3.63, 3.8) is 0 Å². The molecule has 4 aromatic rings. The van der Waals surface area contributed by atoms with Gasteiger partial charge in [0.2, 0.25) is 0 Å². The van der Waals surface area contributed by atoms with Gasteiger partial charge < -0.3 is 0 Å². The van der Waals surface area contributed by atoms with E-state index in [2.05, 4.69) is 66.0 Å². The Morgan fingerprint density at radius 2 is 1.41 bits per heavy atom. The van der Waals surface area contributed by atoms with Crippen LogP contribution in [-0.4, -0.2) is 55.7 Å². The molecule has 0 fully saturated rings. The summed E-state index contributed by atoms with van der Waals surface area (Å²) in [5.74, 6) is 1.50. The molecule has 0 aliphatic carbocycles. The van der Waals surface area contributed by atoms with E-state index >= 15 is 0 Å². The molecule has 0 N–H and O–H groups in total. The fraction of sp³-hybridized carbons (Fsp3) is 0.421. The van der Waals surface area contributed by atoms with Crippen molar-refractivity contribution in [2.75, 3.05) is 0 Å².